The predicted octanol–water partition coefficient (Wildman–Crippen LogP) is 3.56. The molecular formula is C22H25N3O2. The zero-order chi connectivity index (χ0) is 18.7. The van der Waals surface area contributed by atoms with Crippen LogP contribution in [0.25, 0.3) is 11.0 Å². The van der Waals surface area contributed by atoms with Gasteiger partial charge in [-0.2, -0.15) is 0 Å². The van der Waals surface area contributed by atoms with E-state index < -0.39 is 0 Å². The Bertz CT molecular complexity index is 927. The Hall–Kier alpha value is -2.66. The fraction of sp³-hybridized carbons (Fsp3) is 0.364. The Labute approximate surface area is 159 Å². The highest BCUT2D eigenvalue weighted by Gasteiger charge is 2.35. The number of ether oxygens (including phenoxy) is 1. The first kappa shape index (κ1) is 17.7. The van der Waals surface area contributed by atoms with Crippen molar-refractivity contribution in [1.82, 2.24) is 14.9 Å². The fourth-order valence-corrected chi connectivity index (χ4v) is 3.98. The number of imidazole rings is 1. The van der Waals surface area contributed by atoms with Gasteiger partial charge in [-0.3, -0.25) is 4.79 Å². The zero-order valence-corrected chi connectivity index (χ0v) is 15.6. The molecule has 0 bridgehead atoms. The number of carbonyl (C=O) groups is 1. The third-order valence-electron chi connectivity index (χ3n) is 5.46. The van der Waals surface area contributed by atoms with Gasteiger partial charge in [-0.05, 0) is 37.5 Å². The summed E-state index contributed by atoms with van der Waals surface area (Å²) in [5, 5.41) is 3.33. The Balaban J connectivity index is 1.49. The van der Waals surface area contributed by atoms with Crippen molar-refractivity contribution < 1.29 is 9.53 Å². The maximum absolute atomic E-state index is 12.8. The molecule has 1 saturated heterocycles. The standard InChI is InChI=1S/C22H25N3O2/c1-17-23-19-9-5-6-10-20(19)25(17)14-11-21(26)24-22(12-15-27-16-13-22)18-7-3-2-4-8-18/h2-10H,11-16H2,1H3,(H,24,26). The maximum atomic E-state index is 12.8. The van der Waals surface area contributed by atoms with Crippen molar-refractivity contribution in [2.24, 2.45) is 0 Å². The minimum atomic E-state index is -0.331. The molecule has 1 fully saturated rings. The molecule has 5 heteroatoms. The van der Waals surface area contributed by atoms with E-state index in [1.807, 2.05) is 43.3 Å². The average Bonchev–Trinajstić information content (AvgIpc) is 3.03. The molecule has 1 amide bonds. The van der Waals surface area contributed by atoms with Gasteiger partial charge in [-0.1, -0.05) is 42.5 Å². The van der Waals surface area contributed by atoms with E-state index in [0.717, 1.165) is 35.3 Å². The highest BCUT2D eigenvalue weighted by atomic mass is 16.5. The molecule has 2 heterocycles. The second kappa shape index (κ2) is 7.53. The molecule has 140 valence electrons. The third kappa shape index (κ3) is 3.60. The van der Waals surface area contributed by atoms with Crippen LogP contribution < -0.4 is 5.32 Å². The van der Waals surface area contributed by atoms with Gasteiger partial charge < -0.3 is 14.6 Å². The molecule has 0 spiro atoms. The molecule has 0 atom stereocenters. The number of fused-ring (bicyclic) bond motifs is 1. The second-order valence-corrected chi connectivity index (χ2v) is 7.16. The molecule has 1 aromatic heterocycles. The molecule has 1 aliphatic rings. The lowest BCUT2D eigenvalue weighted by Crippen LogP contribution is -2.49. The molecule has 0 saturated carbocycles. The molecule has 0 aliphatic carbocycles. The van der Waals surface area contributed by atoms with Crippen molar-refractivity contribution in [3.8, 4) is 0 Å². The minimum absolute atomic E-state index is 0.0675. The summed E-state index contributed by atoms with van der Waals surface area (Å²) in [6.45, 7) is 3.95. The number of nitrogens with one attached hydrogen (secondary N) is 1. The Morgan fingerprint density at radius 2 is 1.81 bits per heavy atom. The second-order valence-electron chi connectivity index (χ2n) is 7.16. The van der Waals surface area contributed by atoms with Crippen LogP contribution in [0.15, 0.2) is 54.6 Å². The van der Waals surface area contributed by atoms with Crippen LogP contribution in [0, 0.1) is 6.92 Å². The summed E-state index contributed by atoms with van der Waals surface area (Å²) in [6.07, 6.45) is 2.03. The average molecular weight is 363 g/mol. The largest absolute Gasteiger partial charge is 0.381 e. The molecule has 1 N–H and O–H groups in total. The number of hydrogen-bond donors (Lipinski definition) is 1. The number of hydrogen-bond acceptors (Lipinski definition) is 3. The molecule has 0 unspecified atom stereocenters. The van der Waals surface area contributed by atoms with Crippen LogP contribution in [-0.4, -0.2) is 28.7 Å². The minimum Gasteiger partial charge on any atom is -0.381 e. The summed E-state index contributed by atoms with van der Waals surface area (Å²) in [7, 11) is 0. The molecule has 0 radical (unpaired) electrons. The first-order chi connectivity index (χ1) is 13.2. The maximum Gasteiger partial charge on any atom is 0.222 e. The summed E-state index contributed by atoms with van der Waals surface area (Å²) >= 11 is 0. The van der Waals surface area contributed by atoms with Gasteiger partial charge in [0.1, 0.15) is 5.82 Å². The lowest BCUT2D eigenvalue weighted by atomic mass is 9.82. The van der Waals surface area contributed by atoms with Gasteiger partial charge in [-0.15, -0.1) is 0 Å². The molecule has 1 aliphatic heterocycles. The van der Waals surface area contributed by atoms with Crippen LogP contribution in [0.4, 0.5) is 0 Å². The summed E-state index contributed by atoms with van der Waals surface area (Å²) in [4.78, 5) is 17.4. The summed E-state index contributed by atoms with van der Waals surface area (Å²) in [5.74, 6) is 1.01. The number of para-hydroxylation sites is 2. The van der Waals surface area contributed by atoms with E-state index >= 15 is 0 Å². The first-order valence-corrected chi connectivity index (χ1v) is 9.54. The van der Waals surface area contributed by atoms with Gasteiger partial charge >= 0.3 is 0 Å². The van der Waals surface area contributed by atoms with Crippen LogP contribution in [0.2, 0.25) is 0 Å². The molecule has 4 rings (SSSR count). The smallest absolute Gasteiger partial charge is 0.222 e. The van der Waals surface area contributed by atoms with E-state index in [1.54, 1.807) is 0 Å². The van der Waals surface area contributed by atoms with Crippen LogP contribution in [0.1, 0.15) is 30.7 Å². The number of benzene rings is 2. The lowest BCUT2D eigenvalue weighted by molar-refractivity contribution is -0.124. The molecule has 3 aromatic rings. The number of carbonyl (C=O) groups excluding carboxylic acids is 1. The molecular weight excluding hydrogens is 338 g/mol. The SMILES string of the molecule is Cc1nc2ccccc2n1CCC(=O)NC1(c2ccccc2)CCOCC1. The first-order valence-electron chi connectivity index (χ1n) is 9.54. The summed E-state index contributed by atoms with van der Waals surface area (Å²) in [5.41, 5.74) is 2.88. The van der Waals surface area contributed by atoms with Gasteiger partial charge in [0.25, 0.3) is 0 Å². The van der Waals surface area contributed by atoms with Crippen molar-refractivity contribution in [3.05, 3.63) is 66.0 Å². The third-order valence-corrected chi connectivity index (χ3v) is 5.46. The van der Waals surface area contributed by atoms with Crippen molar-refractivity contribution in [1.29, 1.82) is 0 Å². The quantitative estimate of drug-likeness (QED) is 0.754. The van der Waals surface area contributed by atoms with Crippen molar-refractivity contribution >= 4 is 16.9 Å². The van der Waals surface area contributed by atoms with Crippen molar-refractivity contribution in [2.75, 3.05) is 13.2 Å². The molecule has 2 aromatic carbocycles. The van der Waals surface area contributed by atoms with Gasteiger partial charge in [-0.25, -0.2) is 4.98 Å². The topological polar surface area (TPSA) is 56.2 Å². The van der Waals surface area contributed by atoms with Gasteiger partial charge in [0.05, 0.1) is 16.6 Å². The number of nitrogens with zero attached hydrogens (tertiary/aromatic N) is 2. The van der Waals surface area contributed by atoms with E-state index in [1.165, 1.54) is 0 Å². The Kier molecular flexibility index (Phi) is 4.94. The number of aromatic nitrogens is 2. The van der Waals surface area contributed by atoms with E-state index in [4.69, 9.17) is 4.74 Å². The lowest BCUT2D eigenvalue weighted by Gasteiger charge is -2.38. The van der Waals surface area contributed by atoms with E-state index in [9.17, 15) is 4.79 Å². The van der Waals surface area contributed by atoms with E-state index in [2.05, 4.69) is 33.1 Å². The van der Waals surface area contributed by atoms with Gasteiger partial charge in [0.15, 0.2) is 0 Å². The van der Waals surface area contributed by atoms with Crippen LogP contribution in [0.5, 0.6) is 0 Å². The summed E-state index contributed by atoms with van der Waals surface area (Å²) < 4.78 is 7.67. The normalized spacial score (nSPS) is 16.3. The van der Waals surface area contributed by atoms with Crippen molar-refractivity contribution in [3.63, 3.8) is 0 Å². The zero-order valence-electron chi connectivity index (χ0n) is 15.6. The summed E-state index contributed by atoms with van der Waals surface area (Å²) in [6, 6.07) is 18.3. The predicted molar refractivity (Wildman–Crippen MR) is 105 cm³/mol. The van der Waals surface area contributed by atoms with E-state index in [0.29, 0.717) is 26.2 Å². The Morgan fingerprint density at radius 1 is 1.11 bits per heavy atom. The number of rotatable bonds is 5. The Morgan fingerprint density at radius 3 is 2.59 bits per heavy atom. The number of aryl methyl sites for hydroxylation is 2. The molecule has 5 nitrogen and oxygen atoms in total. The van der Waals surface area contributed by atoms with Crippen LogP contribution >= 0.6 is 0 Å². The highest BCUT2D eigenvalue weighted by Crippen LogP contribution is 2.32. The van der Waals surface area contributed by atoms with Gasteiger partial charge in [0.2, 0.25) is 5.91 Å². The van der Waals surface area contributed by atoms with Crippen LogP contribution in [0.3, 0.4) is 0 Å². The molecule has 27 heavy (non-hydrogen) atoms. The number of amides is 1. The van der Waals surface area contributed by atoms with Crippen molar-refractivity contribution in [2.45, 2.75) is 38.3 Å². The van der Waals surface area contributed by atoms with Gasteiger partial charge in [0, 0.05) is 26.2 Å². The monoisotopic (exact) mass is 363 g/mol. The highest BCUT2D eigenvalue weighted by molar-refractivity contribution is 5.78. The van der Waals surface area contributed by atoms with Crippen LogP contribution in [-0.2, 0) is 21.6 Å². The fourth-order valence-electron chi connectivity index (χ4n) is 3.98. The van der Waals surface area contributed by atoms with E-state index in [-0.39, 0.29) is 11.4 Å².